The number of anilines is 1. The van der Waals surface area contributed by atoms with Gasteiger partial charge in [0.1, 0.15) is 11.5 Å². The van der Waals surface area contributed by atoms with Crippen LogP contribution in [-0.4, -0.2) is 37.7 Å². The fraction of sp³-hybridized carbons (Fsp3) is 0.150. The third-order valence-corrected chi connectivity index (χ3v) is 4.53. The Bertz CT molecular complexity index is 969. The van der Waals surface area contributed by atoms with Gasteiger partial charge in [0, 0.05) is 10.9 Å². The molecule has 0 bridgehead atoms. The molecule has 8 heteroatoms. The summed E-state index contributed by atoms with van der Waals surface area (Å²) in [4.78, 5) is 28.4. The van der Waals surface area contributed by atoms with Crippen molar-refractivity contribution in [3.63, 3.8) is 0 Å². The summed E-state index contributed by atoms with van der Waals surface area (Å²) in [6.45, 7) is -0.409. The van der Waals surface area contributed by atoms with Crippen molar-refractivity contribution in [1.29, 1.82) is 0 Å². The van der Waals surface area contributed by atoms with Crippen LogP contribution in [0.15, 0.2) is 53.9 Å². The summed E-state index contributed by atoms with van der Waals surface area (Å²) < 4.78 is 15.2. The number of carbonyl (C=O) groups excluding carboxylic acids is 2. The monoisotopic (exact) mass is 398 g/mol. The molecule has 3 aromatic rings. The zero-order chi connectivity index (χ0) is 19.9. The Morgan fingerprint density at radius 1 is 1.04 bits per heavy atom. The summed E-state index contributed by atoms with van der Waals surface area (Å²) in [7, 11) is 3.11. The van der Waals surface area contributed by atoms with Crippen molar-refractivity contribution >= 4 is 28.3 Å². The summed E-state index contributed by atoms with van der Waals surface area (Å²) in [6.07, 6.45) is 0. The van der Waals surface area contributed by atoms with E-state index < -0.39 is 18.5 Å². The largest absolute Gasteiger partial charge is 0.497 e. The predicted molar refractivity (Wildman–Crippen MR) is 106 cm³/mol. The Kier molecular flexibility index (Phi) is 6.23. The summed E-state index contributed by atoms with van der Waals surface area (Å²) in [5, 5.41) is 4.88. The normalized spacial score (nSPS) is 10.2. The molecule has 144 valence electrons. The van der Waals surface area contributed by atoms with Gasteiger partial charge in [-0.25, -0.2) is 9.78 Å². The molecule has 0 aliphatic rings. The molecule has 7 nitrogen and oxygen atoms in total. The molecule has 0 unspecified atom stereocenters. The van der Waals surface area contributed by atoms with Gasteiger partial charge < -0.3 is 14.2 Å². The maximum atomic E-state index is 12.0. The average Bonchev–Trinajstić information content (AvgIpc) is 3.20. The SMILES string of the molecule is COc1ccc(-c2csc(NC(=O)COC(=O)c3cccc(OC)c3)n2)cc1. The Labute approximate surface area is 165 Å². The zero-order valence-corrected chi connectivity index (χ0v) is 16.1. The second kappa shape index (κ2) is 9.01. The molecule has 1 N–H and O–H groups in total. The Morgan fingerprint density at radius 3 is 2.50 bits per heavy atom. The van der Waals surface area contributed by atoms with Gasteiger partial charge in [-0.05, 0) is 42.5 Å². The molecule has 0 atom stereocenters. The lowest BCUT2D eigenvalue weighted by Gasteiger charge is -2.06. The van der Waals surface area contributed by atoms with Crippen molar-refractivity contribution in [2.24, 2.45) is 0 Å². The summed E-state index contributed by atoms with van der Waals surface area (Å²) in [6, 6.07) is 14.0. The van der Waals surface area contributed by atoms with Gasteiger partial charge in [0.25, 0.3) is 5.91 Å². The van der Waals surface area contributed by atoms with Crippen LogP contribution in [-0.2, 0) is 9.53 Å². The number of methoxy groups -OCH3 is 2. The van der Waals surface area contributed by atoms with Crippen molar-refractivity contribution < 1.29 is 23.8 Å². The number of nitrogens with zero attached hydrogens (tertiary/aromatic N) is 1. The third kappa shape index (κ3) is 4.86. The minimum atomic E-state index is -0.605. The minimum absolute atomic E-state index is 0.309. The molecule has 28 heavy (non-hydrogen) atoms. The third-order valence-electron chi connectivity index (χ3n) is 3.78. The van der Waals surface area contributed by atoms with Gasteiger partial charge in [-0.15, -0.1) is 11.3 Å². The molecule has 0 saturated heterocycles. The number of amides is 1. The summed E-state index contributed by atoms with van der Waals surface area (Å²) in [5.41, 5.74) is 1.95. The van der Waals surface area contributed by atoms with Crippen LogP contribution in [0.1, 0.15) is 10.4 Å². The van der Waals surface area contributed by atoms with Crippen LogP contribution >= 0.6 is 11.3 Å². The standard InChI is InChI=1S/C20H18N2O5S/c1-25-15-8-6-13(7-9-15)17-12-28-20(21-17)22-18(23)11-27-19(24)14-4-3-5-16(10-14)26-2/h3-10,12H,11H2,1-2H3,(H,21,22,23). The first-order chi connectivity index (χ1) is 13.6. The molecule has 1 heterocycles. The molecule has 1 amide bonds. The van der Waals surface area contributed by atoms with E-state index in [4.69, 9.17) is 14.2 Å². The van der Waals surface area contributed by atoms with E-state index in [0.29, 0.717) is 16.4 Å². The average molecular weight is 398 g/mol. The molecule has 3 rings (SSSR count). The Morgan fingerprint density at radius 2 is 1.79 bits per heavy atom. The van der Waals surface area contributed by atoms with Crippen LogP contribution in [0.5, 0.6) is 11.5 Å². The van der Waals surface area contributed by atoms with E-state index in [2.05, 4.69) is 10.3 Å². The fourth-order valence-corrected chi connectivity index (χ4v) is 3.08. The number of carbonyl (C=O) groups is 2. The zero-order valence-electron chi connectivity index (χ0n) is 15.3. The van der Waals surface area contributed by atoms with Crippen LogP contribution < -0.4 is 14.8 Å². The quantitative estimate of drug-likeness (QED) is 0.612. The number of hydrogen-bond acceptors (Lipinski definition) is 7. The first kappa shape index (κ1) is 19.4. The second-order valence-corrected chi connectivity index (χ2v) is 6.48. The highest BCUT2D eigenvalue weighted by molar-refractivity contribution is 7.14. The van der Waals surface area contributed by atoms with Crippen molar-refractivity contribution in [2.45, 2.75) is 0 Å². The number of rotatable bonds is 7. The topological polar surface area (TPSA) is 86.8 Å². The number of aromatic nitrogens is 1. The molecule has 0 radical (unpaired) electrons. The van der Waals surface area contributed by atoms with Crippen molar-refractivity contribution in [3.8, 4) is 22.8 Å². The van der Waals surface area contributed by atoms with Crippen LogP contribution in [0, 0.1) is 0 Å². The number of ether oxygens (including phenoxy) is 3. The molecule has 0 fully saturated rings. The number of thiazole rings is 1. The summed E-state index contributed by atoms with van der Waals surface area (Å²) in [5.74, 6) is 0.220. The van der Waals surface area contributed by atoms with Gasteiger partial charge in [-0.1, -0.05) is 6.07 Å². The smallest absolute Gasteiger partial charge is 0.338 e. The van der Waals surface area contributed by atoms with E-state index in [1.54, 1.807) is 31.4 Å². The summed E-state index contributed by atoms with van der Waals surface area (Å²) >= 11 is 1.29. The number of hydrogen-bond donors (Lipinski definition) is 1. The lowest BCUT2D eigenvalue weighted by Crippen LogP contribution is -2.20. The predicted octanol–water partition coefficient (Wildman–Crippen LogP) is 3.62. The second-order valence-electron chi connectivity index (χ2n) is 5.62. The maximum absolute atomic E-state index is 12.0. The maximum Gasteiger partial charge on any atom is 0.338 e. The van der Waals surface area contributed by atoms with Gasteiger partial charge in [0.15, 0.2) is 11.7 Å². The van der Waals surface area contributed by atoms with Crippen LogP contribution in [0.3, 0.4) is 0 Å². The fourth-order valence-electron chi connectivity index (χ4n) is 2.35. The molecule has 0 aliphatic heterocycles. The van der Waals surface area contributed by atoms with Crippen molar-refractivity contribution in [1.82, 2.24) is 4.98 Å². The minimum Gasteiger partial charge on any atom is -0.497 e. The first-order valence-electron chi connectivity index (χ1n) is 8.30. The lowest BCUT2D eigenvalue weighted by molar-refractivity contribution is -0.119. The van der Waals surface area contributed by atoms with Gasteiger partial charge in [0.05, 0.1) is 25.5 Å². The van der Waals surface area contributed by atoms with Crippen LogP contribution in [0.4, 0.5) is 5.13 Å². The van der Waals surface area contributed by atoms with Crippen molar-refractivity contribution in [3.05, 3.63) is 59.5 Å². The number of benzene rings is 2. The number of nitrogens with one attached hydrogen (secondary N) is 1. The van der Waals surface area contributed by atoms with E-state index in [9.17, 15) is 9.59 Å². The molecule has 0 spiro atoms. The van der Waals surface area contributed by atoms with E-state index in [-0.39, 0.29) is 0 Å². The lowest BCUT2D eigenvalue weighted by atomic mass is 10.2. The highest BCUT2D eigenvalue weighted by Crippen LogP contribution is 2.26. The van der Waals surface area contributed by atoms with Gasteiger partial charge in [-0.2, -0.15) is 0 Å². The van der Waals surface area contributed by atoms with Crippen molar-refractivity contribution in [2.75, 3.05) is 26.1 Å². The first-order valence-corrected chi connectivity index (χ1v) is 9.18. The Balaban J connectivity index is 1.54. The van der Waals surface area contributed by atoms with Gasteiger partial charge >= 0.3 is 5.97 Å². The molecular weight excluding hydrogens is 380 g/mol. The molecular formula is C20H18N2O5S. The van der Waals surface area contributed by atoms with Crippen LogP contribution in [0.25, 0.3) is 11.3 Å². The number of esters is 1. The molecule has 2 aromatic carbocycles. The van der Waals surface area contributed by atoms with E-state index in [0.717, 1.165) is 17.0 Å². The molecule has 1 aromatic heterocycles. The van der Waals surface area contributed by atoms with E-state index >= 15 is 0 Å². The van der Waals surface area contributed by atoms with E-state index in [1.165, 1.54) is 18.4 Å². The molecule has 0 aliphatic carbocycles. The molecule has 0 saturated carbocycles. The van der Waals surface area contributed by atoms with E-state index in [1.807, 2.05) is 29.6 Å². The highest BCUT2D eigenvalue weighted by atomic mass is 32.1. The van der Waals surface area contributed by atoms with Crippen LogP contribution in [0.2, 0.25) is 0 Å². The Hall–Kier alpha value is -3.39. The van der Waals surface area contributed by atoms with Gasteiger partial charge in [0.2, 0.25) is 0 Å². The highest BCUT2D eigenvalue weighted by Gasteiger charge is 2.13. The van der Waals surface area contributed by atoms with Gasteiger partial charge in [-0.3, -0.25) is 10.1 Å².